The van der Waals surface area contributed by atoms with Crippen molar-refractivity contribution in [1.29, 1.82) is 0 Å². The minimum absolute atomic E-state index is 0.0226. The van der Waals surface area contributed by atoms with Gasteiger partial charge >= 0.3 is 5.97 Å². The van der Waals surface area contributed by atoms with Gasteiger partial charge in [-0.1, -0.05) is 30.3 Å². The highest BCUT2D eigenvalue weighted by atomic mass is 32.1. The largest absolute Gasteiger partial charge is 0.481 e. The number of hydrogen-bond acceptors (Lipinski definition) is 4. The first-order valence-corrected chi connectivity index (χ1v) is 9.51. The van der Waals surface area contributed by atoms with Crippen molar-refractivity contribution in [2.45, 2.75) is 19.3 Å². The number of aromatic nitrogens is 2. The van der Waals surface area contributed by atoms with Crippen molar-refractivity contribution in [3.63, 3.8) is 0 Å². The molecule has 1 N–H and O–H groups in total. The van der Waals surface area contributed by atoms with Crippen LogP contribution in [0.15, 0.2) is 41.9 Å². The van der Waals surface area contributed by atoms with E-state index in [1.54, 1.807) is 4.90 Å². The summed E-state index contributed by atoms with van der Waals surface area (Å²) >= 11 is 1.51. The number of hydrogen-bond donors (Lipinski definition) is 1. The minimum Gasteiger partial charge on any atom is -0.481 e. The Balaban J connectivity index is 1.53. The third kappa shape index (κ3) is 3.22. The van der Waals surface area contributed by atoms with Gasteiger partial charge in [0.1, 0.15) is 0 Å². The Morgan fingerprint density at radius 2 is 2.08 bits per heavy atom. The molecular weight excluding hydrogens is 350 g/mol. The number of rotatable bonds is 4. The average molecular weight is 369 g/mol. The highest BCUT2D eigenvalue weighted by Gasteiger charge is 2.28. The molecule has 4 rings (SSSR count). The zero-order valence-electron chi connectivity index (χ0n) is 14.2. The molecule has 1 atom stereocenters. The SMILES string of the molecule is O=C(O)C1CCCN(C(=O)Cc2csc3nc(-c4ccccc4)cn23)C1. The van der Waals surface area contributed by atoms with Crippen LogP contribution in [0.2, 0.25) is 0 Å². The standard InChI is InChI=1S/C19H19N3O3S/c23-17(21-8-4-7-14(10-21)18(24)25)9-15-12-26-19-20-16(11-22(15)19)13-5-2-1-3-6-13/h1-3,5-6,11-12,14H,4,7-10H2,(H,24,25). The fraction of sp³-hybridized carbons (Fsp3) is 0.316. The summed E-state index contributed by atoms with van der Waals surface area (Å²) in [7, 11) is 0. The predicted octanol–water partition coefficient (Wildman–Crippen LogP) is 2.93. The molecule has 1 fully saturated rings. The number of imidazole rings is 1. The number of likely N-dealkylation sites (tertiary alicyclic amines) is 1. The lowest BCUT2D eigenvalue weighted by molar-refractivity contribution is -0.145. The quantitative estimate of drug-likeness (QED) is 0.767. The summed E-state index contributed by atoms with van der Waals surface area (Å²) in [6, 6.07) is 9.94. The summed E-state index contributed by atoms with van der Waals surface area (Å²) in [5, 5.41) is 11.2. The fourth-order valence-electron chi connectivity index (χ4n) is 3.38. The van der Waals surface area contributed by atoms with Crippen LogP contribution in [0.1, 0.15) is 18.5 Å². The zero-order chi connectivity index (χ0) is 18.1. The van der Waals surface area contributed by atoms with Crippen molar-refractivity contribution in [2.75, 3.05) is 13.1 Å². The molecule has 6 nitrogen and oxygen atoms in total. The first-order chi connectivity index (χ1) is 12.6. The van der Waals surface area contributed by atoms with E-state index in [1.165, 1.54) is 11.3 Å². The van der Waals surface area contributed by atoms with E-state index in [0.29, 0.717) is 19.5 Å². The molecule has 0 spiro atoms. The van der Waals surface area contributed by atoms with Gasteiger partial charge in [0.2, 0.25) is 5.91 Å². The monoisotopic (exact) mass is 369 g/mol. The maximum absolute atomic E-state index is 12.7. The maximum atomic E-state index is 12.7. The lowest BCUT2D eigenvalue weighted by Crippen LogP contribution is -2.43. The normalized spacial score (nSPS) is 17.5. The van der Waals surface area contributed by atoms with Crippen molar-refractivity contribution >= 4 is 28.2 Å². The van der Waals surface area contributed by atoms with Crippen molar-refractivity contribution in [2.24, 2.45) is 5.92 Å². The van der Waals surface area contributed by atoms with Gasteiger partial charge in [0.15, 0.2) is 4.96 Å². The first kappa shape index (κ1) is 16.8. The van der Waals surface area contributed by atoms with E-state index < -0.39 is 11.9 Å². The van der Waals surface area contributed by atoms with E-state index in [-0.39, 0.29) is 12.3 Å². The molecule has 0 saturated carbocycles. The predicted molar refractivity (Wildman–Crippen MR) is 99.1 cm³/mol. The summed E-state index contributed by atoms with van der Waals surface area (Å²) in [6.07, 6.45) is 3.60. The van der Waals surface area contributed by atoms with Gasteiger partial charge in [-0.25, -0.2) is 4.98 Å². The van der Waals surface area contributed by atoms with Crippen LogP contribution in [-0.4, -0.2) is 44.4 Å². The summed E-state index contributed by atoms with van der Waals surface area (Å²) in [5.74, 6) is -1.29. The van der Waals surface area contributed by atoms with E-state index in [1.807, 2.05) is 46.3 Å². The number of carboxylic acids is 1. The topological polar surface area (TPSA) is 74.9 Å². The number of thiazole rings is 1. The molecule has 26 heavy (non-hydrogen) atoms. The third-order valence-electron chi connectivity index (χ3n) is 4.81. The van der Waals surface area contributed by atoms with Crippen LogP contribution in [0.5, 0.6) is 0 Å². The Kier molecular flexibility index (Phi) is 4.46. The van der Waals surface area contributed by atoms with Gasteiger partial charge in [-0.15, -0.1) is 11.3 Å². The second kappa shape index (κ2) is 6.92. The van der Waals surface area contributed by atoms with E-state index in [9.17, 15) is 14.7 Å². The molecule has 3 aromatic rings. The molecule has 1 aliphatic heterocycles. The summed E-state index contributed by atoms with van der Waals surface area (Å²) in [5.41, 5.74) is 2.82. The highest BCUT2D eigenvalue weighted by molar-refractivity contribution is 7.15. The van der Waals surface area contributed by atoms with E-state index in [2.05, 4.69) is 4.98 Å². The van der Waals surface area contributed by atoms with Gasteiger partial charge in [-0.2, -0.15) is 0 Å². The number of carbonyl (C=O) groups is 2. The van der Waals surface area contributed by atoms with E-state index >= 15 is 0 Å². The van der Waals surface area contributed by atoms with Gasteiger partial charge < -0.3 is 10.0 Å². The van der Waals surface area contributed by atoms with Crippen molar-refractivity contribution in [3.05, 3.63) is 47.6 Å². The van der Waals surface area contributed by atoms with Crippen molar-refractivity contribution in [1.82, 2.24) is 14.3 Å². The second-order valence-electron chi connectivity index (χ2n) is 6.57. The van der Waals surface area contributed by atoms with Gasteiger partial charge in [0.05, 0.1) is 18.0 Å². The van der Waals surface area contributed by atoms with E-state index in [0.717, 1.165) is 28.3 Å². The van der Waals surface area contributed by atoms with Crippen LogP contribution in [0, 0.1) is 5.92 Å². The molecule has 1 aliphatic rings. The molecular formula is C19H19N3O3S. The summed E-state index contributed by atoms with van der Waals surface area (Å²) < 4.78 is 1.96. The molecule has 134 valence electrons. The molecule has 1 unspecified atom stereocenters. The van der Waals surface area contributed by atoms with Crippen molar-refractivity contribution < 1.29 is 14.7 Å². The molecule has 0 radical (unpaired) electrons. The number of piperidine rings is 1. The molecule has 2 aromatic heterocycles. The first-order valence-electron chi connectivity index (χ1n) is 8.63. The molecule has 1 amide bonds. The van der Waals surface area contributed by atoms with Crippen LogP contribution < -0.4 is 0 Å². The van der Waals surface area contributed by atoms with E-state index in [4.69, 9.17) is 0 Å². The lowest BCUT2D eigenvalue weighted by Gasteiger charge is -2.30. The number of benzene rings is 1. The molecule has 3 heterocycles. The van der Waals surface area contributed by atoms with Crippen LogP contribution in [0.3, 0.4) is 0 Å². The van der Waals surface area contributed by atoms with Crippen molar-refractivity contribution in [3.8, 4) is 11.3 Å². The Labute approximate surface area is 154 Å². The zero-order valence-corrected chi connectivity index (χ0v) is 15.0. The second-order valence-corrected chi connectivity index (χ2v) is 7.40. The molecule has 1 aromatic carbocycles. The minimum atomic E-state index is -0.817. The number of amides is 1. The molecule has 7 heteroatoms. The fourth-order valence-corrected chi connectivity index (χ4v) is 4.25. The molecule has 1 saturated heterocycles. The van der Waals surface area contributed by atoms with Gasteiger partial charge in [0, 0.05) is 35.9 Å². The highest BCUT2D eigenvalue weighted by Crippen LogP contribution is 2.24. The number of fused-ring (bicyclic) bond motifs is 1. The average Bonchev–Trinajstić information content (AvgIpc) is 3.24. The van der Waals surface area contributed by atoms with Crippen LogP contribution in [0.25, 0.3) is 16.2 Å². The summed E-state index contributed by atoms with van der Waals surface area (Å²) in [6.45, 7) is 0.940. The Bertz CT molecular complexity index is 948. The number of aliphatic carboxylic acids is 1. The Morgan fingerprint density at radius 1 is 1.27 bits per heavy atom. The number of carbonyl (C=O) groups excluding carboxylic acids is 1. The third-order valence-corrected chi connectivity index (χ3v) is 5.70. The van der Waals surface area contributed by atoms with Crippen LogP contribution in [-0.2, 0) is 16.0 Å². The maximum Gasteiger partial charge on any atom is 0.308 e. The smallest absolute Gasteiger partial charge is 0.308 e. The molecule has 0 bridgehead atoms. The van der Waals surface area contributed by atoms with Gasteiger partial charge in [0.25, 0.3) is 0 Å². The van der Waals surface area contributed by atoms with Gasteiger partial charge in [-0.05, 0) is 12.8 Å². The van der Waals surface area contributed by atoms with Gasteiger partial charge in [-0.3, -0.25) is 14.0 Å². The molecule has 0 aliphatic carbocycles. The lowest BCUT2D eigenvalue weighted by atomic mass is 9.98. The number of carboxylic acid groups (broad SMARTS) is 1. The Morgan fingerprint density at radius 3 is 2.85 bits per heavy atom. The van der Waals surface area contributed by atoms with Crippen LogP contribution >= 0.6 is 11.3 Å². The summed E-state index contributed by atoms with van der Waals surface area (Å²) in [4.78, 5) is 31.0. The van der Waals surface area contributed by atoms with Crippen LogP contribution in [0.4, 0.5) is 0 Å². The Hall–Kier alpha value is -2.67. The number of nitrogens with zero attached hydrogens (tertiary/aromatic N) is 3.